The van der Waals surface area contributed by atoms with Gasteiger partial charge < -0.3 is 5.32 Å². The van der Waals surface area contributed by atoms with Gasteiger partial charge in [0.05, 0.1) is 15.5 Å². The van der Waals surface area contributed by atoms with Gasteiger partial charge in [-0.05, 0) is 42.7 Å². The van der Waals surface area contributed by atoms with Gasteiger partial charge in [0.25, 0.3) is 15.9 Å². The summed E-state index contributed by atoms with van der Waals surface area (Å²) >= 11 is 1.13. The van der Waals surface area contributed by atoms with Gasteiger partial charge in [0, 0.05) is 17.6 Å². The van der Waals surface area contributed by atoms with Crippen molar-refractivity contribution in [3.63, 3.8) is 0 Å². The lowest BCUT2D eigenvalue weighted by molar-refractivity contribution is 0.103. The molecule has 1 aromatic heterocycles. The molecule has 0 bridgehead atoms. The molecule has 5 nitrogen and oxygen atoms in total. The Morgan fingerprint density at radius 2 is 1.78 bits per heavy atom. The number of rotatable bonds is 4. The Kier molecular flexibility index (Phi) is 4.72. The SMILES string of the molecule is O=C(Nc1ccccc1)c1cc(S(=O)(=O)N2CCCc3ccccc32)cs1. The van der Waals surface area contributed by atoms with Crippen molar-refractivity contribution in [2.24, 2.45) is 0 Å². The van der Waals surface area contributed by atoms with E-state index in [0.29, 0.717) is 17.1 Å². The van der Waals surface area contributed by atoms with Crippen LogP contribution >= 0.6 is 11.3 Å². The fourth-order valence-corrected chi connectivity index (χ4v) is 5.86. The zero-order chi connectivity index (χ0) is 18.9. The number of carbonyl (C=O) groups excluding carboxylic acids is 1. The molecule has 4 rings (SSSR count). The standard InChI is InChI=1S/C20H18N2O3S2/c23-20(21-16-9-2-1-3-10-16)19-13-17(14-26-19)27(24,25)22-12-6-8-15-7-4-5-11-18(15)22/h1-5,7,9-11,13-14H,6,8,12H2,(H,21,23). The molecule has 0 spiro atoms. The number of fused-ring (bicyclic) bond motifs is 1. The van der Waals surface area contributed by atoms with Crippen molar-refractivity contribution < 1.29 is 13.2 Å². The molecule has 1 N–H and O–H groups in total. The Morgan fingerprint density at radius 3 is 2.59 bits per heavy atom. The van der Waals surface area contributed by atoms with Gasteiger partial charge in [0.1, 0.15) is 0 Å². The third kappa shape index (κ3) is 3.48. The molecule has 2 heterocycles. The number of para-hydroxylation sites is 2. The molecule has 0 saturated heterocycles. The summed E-state index contributed by atoms with van der Waals surface area (Å²) in [5.41, 5.74) is 2.43. The third-order valence-electron chi connectivity index (χ3n) is 4.49. The van der Waals surface area contributed by atoms with Crippen molar-refractivity contribution in [3.8, 4) is 0 Å². The van der Waals surface area contributed by atoms with Crippen LogP contribution in [0.2, 0.25) is 0 Å². The smallest absolute Gasteiger partial charge is 0.265 e. The maximum Gasteiger partial charge on any atom is 0.265 e. The van der Waals surface area contributed by atoms with Gasteiger partial charge in [0.2, 0.25) is 0 Å². The Bertz CT molecular complexity index is 1080. The molecule has 3 aromatic rings. The average Bonchev–Trinajstić information content (AvgIpc) is 3.19. The monoisotopic (exact) mass is 398 g/mol. The number of anilines is 2. The summed E-state index contributed by atoms with van der Waals surface area (Å²) in [6.07, 6.45) is 1.65. The highest BCUT2D eigenvalue weighted by Gasteiger charge is 2.30. The highest BCUT2D eigenvalue weighted by molar-refractivity contribution is 7.93. The lowest BCUT2D eigenvalue weighted by atomic mass is 10.0. The highest BCUT2D eigenvalue weighted by Crippen LogP contribution is 2.33. The number of carbonyl (C=O) groups is 1. The molecule has 1 aliphatic heterocycles. The summed E-state index contributed by atoms with van der Waals surface area (Å²) in [5, 5.41) is 4.32. The lowest BCUT2D eigenvalue weighted by Gasteiger charge is -2.30. The van der Waals surface area contributed by atoms with Crippen LogP contribution in [-0.4, -0.2) is 20.9 Å². The zero-order valence-corrected chi connectivity index (χ0v) is 16.1. The minimum absolute atomic E-state index is 0.155. The quantitative estimate of drug-likeness (QED) is 0.718. The van der Waals surface area contributed by atoms with Crippen LogP contribution in [0, 0.1) is 0 Å². The van der Waals surface area contributed by atoms with Crippen LogP contribution in [-0.2, 0) is 16.4 Å². The molecule has 2 aromatic carbocycles. The molecule has 0 unspecified atom stereocenters. The van der Waals surface area contributed by atoms with Crippen LogP contribution in [0.25, 0.3) is 0 Å². The van der Waals surface area contributed by atoms with E-state index >= 15 is 0 Å². The maximum atomic E-state index is 13.1. The van der Waals surface area contributed by atoms with E-state index in [2.05, 4.69) is 5.32 Å². The number of hydrogen-bond acceptors (Lipinski definition) is 4. The van der Waals surface area contributed by atoms with Crippen LogP contribution in [0.4, 0.5) is 11.4 Å². The van der Waals surface area contributed by atoms with Crippen LogP contribution < -0.4 is 9.62 Å². The number of nitrogens with one attached hydrogen (secondary N) is 1. The third-order valence-corrected chi connectivity index (χ3v) is 7.36. The largest absolute Gasteiger partial charge is 0.321 e. The van der Waals surface area contributed by atoms with E-state index in [1.807, 2.05) is 42.5 Å². The van der Waals surface area contributed by atoms with Gasteiger partial charge in [0.15, 0.2) is 0 Å². The summed E-state index contributed by atoms with van der Waals surface area (Å²) < 4.78 is 27.7. The average molecular weight is 399 g/mol. The molecule has 1 aliphatic rings. The molecule has 138 valence electrons. The van der Waals surface area contributed by atoms with Gasteiger partial charge in [-0.3, -0.25) is 9.10 Å². The highest BCUT2D eigenvalue weighted by atomic mass is 32.2. The van der Waals surface area contributed by atoms with Crippen molar-refractivity contribution in [2.75, 3.05) is 16.2 Å². The lowest BCUT2D eigenvalue weighted by Crippen LogP contribution is -2.35. The number of aryl methyl sites for hydroxylation is 1. The Hall–Kier alpha value is -2.64. The normalized spacial score (nSPS) is 13.9. The topological polar surface area (TPSA) is 66.5 Å². The number of amides is 1. The van der Waals surface area contributed by atoms with Gasteiger partial charge in [-0.2, -0.15) is 0 Å². The van der Waals surface area contributed by atoms with Gasteiger partial charge >= 0.3 is 0 Å². The first-order valence-electron chi connectivity index (χ1n) is 8.61. The van der Waals surface area contributed by atoms with E-state index < -0.39 is 10.0 Å². The van der Waals surface area contributed by atoms with E-state index in [0.717, 1.165) is 35.4 Å². The molecular weight excluding hydrogens is 380 g/mol. The minimum Gasteiger partial charge on any atom is -0.321 e. The van der Waals surface area contributed by atoms with Crippen molar-refractivity contribution in [1.82, 2.24) is 0 Å². The molecular formula is C20H18N2O3S2. The van der Waals surface area contributed by atoms with E-state index in [4.69, 9.17) is 0 Å². The van der Waals surface area contributed by atoms with E-state index in [9.17, 15) is 13.2 Å². The first-order chi connectivity index (χ1) is 13.1. The number of hydrogen-bond donors (Lipinski definition) is 1. The second-order valence-electron chi connectivity index (χ2n) is 6.28. The van der Waals surface area contributed by atoms with Gasteiger partial charge in [-0.15, -0.1) is 11.3 Å². The summed E-state index contributed by atoms with van der Waals surface area (Å²) in [6, 6.07) is 18.1. The number of sulfonamides is 1. The van der Waals surface area contributed by atoms with Gasteiger partial charge in [-0.1, -0.05) is 36.4 Å². The second-order valence-corrected chi connectivity index (χ2v) is 9.05. The Balaban J connectivity index is 1.60. The molecule has 0 atom stereocenters. The van der Waals surface area contributed by atoms with Crippen LogP contribution in [0.3, 0.4) is 0 Å². The number of benzene rings is 2. The summed E-state index contributed by atoms with van der Waals surface area (Å²) in [6.45, 7) is 0.445. The number of nitrogens with zero attached hydrogens (tertiary/aromatic N) is 1. The fourth-order valence-electron chi connectivity index (χ4n) is 3.16. The van der Waals surface area contributed by atoms with Crippen molar-refractivity contribution in [2.45, 2.75) is 17.7 Å². The Morgan fingerprint density at radius 1 is 1.04 bits per heavy atom. The van der Waals surface area contributed by atoms with Crippen molar-refractivity contribution in [3.05, 3.63) is 76.5 Å². The van der Waals surface area contributed by atoms with Crippen LogP contribution in [0.1, 0.15) is 21.7 Å². The first kappa shape index (κ1) is 17.8. The fraction of sp³-hybridized carbons (Fsp3) is 0.150. The summed E-state index contributed by atoms with van der Waals surface area (Å²) in [5.74, 6) is -0.313. The van der Waals surface area contributed by atoms with Crippen molar-refractivity contribution in [1.29, 1.82) is 0 Å². The van der Waals surface area contributed by atoms with Crippen LogP contribution in [0.15, 0.2) is 70.9 Å². The van der Waals surface area contributed by atoms with E-state index in [1.165, 1.54) is 15.8 Å². The number of thiophene rings is 1. The Labute approximate surface area is 162 Å². The molecule has 0 radical (unpaired) electrons. The predicted octanol–water partition coefficient (Wildman–Crippen LogP) is 4.14. The first-order valence-corrected chi connectivity index (χ1v) is 10.9. The molecule has 27 heavy (non-hydrogen) atoms. The molecule has 0 saturated carbocycles. The molecule has 7 heteroatoms. The molecule has 1 amide bonds. The minimum atomic E-state index is -3.70. The summed E-state index contributed by atoms with van der Waals surface area (Å²) in [7, 11) is -3.70. The van der Waals surface area contributed by atoms with Gasteiger partial charge in [-0.25, -0.2) is 8.42 Å². The van der Waals surface area contributed by atoms with Crippen LogP contribution in [0.5, 0.6) is 0 Å². The zero-order valence-electron chi connectivity index (χ0n) is 14.5. The summed E-state index contributed by atoms with van der Waals surface area (Å²) in [4.78, 5) is 12.9. The molecule has 0 aliphatic carbocycles. The predicted molar refractivity (Wildman–Crippen MR) is 108 cm³/mol. The maximum absolute atomic E-state index is 13.1. The van der Waals surface area contributed by atoms with E-state index in [-0.39, 0.29) is 10.8 Å². The second kappa shape index (κ2) is 7.17. The van der Waals surface area contributed by atoms with E-state index in [1.54, 1.807) is 12.1 Å². The van der Waals surface area contributed by atoms with Crippen molar-refractivity contribution >= 4 is 38.6 Å². The molecule has 0 fully saturated rings.